The van der Waals surface area contributed by atoms with Crippen molar-refractivity contribution in [2.75, 3.05) is 0 Å². The van der Waals surface area contributed by atoms with E-state index in [1.165, 1.54) is 5.57 Å². The zero-order valence-corrected chi connectivity index (χ0v) is 8.23. The van der Waals surface area contributed by atoms with Crippen LogP contribution in [0.5, 0.6) is 0 Å². The molecule has 0 aliphatic rings. The van der Waals surface area contributed by atoms with Crippen molar-refractivity contribution in [3.05, 3.63) is 23.8 Å². The molecule has 0 atom stereocenters. The Morgan fingerprint density at radius 2 is 2.00 bits per heavy atom. The van der Waals surface area contributed by atoms with Crippen molar-refractivity contribution < 1.29 is 17.0 Å². The van der Waals surface area contributed by atoms with Crippen LogP contribution in [0.15, 0.2) is 23.8 Å². The van der Waals surface area contributed by atoms with Gasteiger partial charge >= 0.3 is 72.2 Å². The third kappa shape index (κ3) is 3.87. The molecule has 0 unspecified atom stereocenters. The molecular weight excluding hydrogens is 159 g/mol. The fourth-order valence-electron chi connectivity index (χ4n) is 0.776. The third-order valence-electron chi connectivity index (χ3n) is 1.37. The van der Waals surface area contributed by atoms with Crippen LogP contribution < -0.4 is 0 Å². The van der Waals surface area contributed by atoms with Crippen LogP contribution in [0.25, 0.3) is 0 Å². The molecule has 0 rings (SSSR count). The second-order valence-electron chi connectivity index (χ2n) is 2.45. The van der Waals surface area contributed by atoms with Gasteiger partial charge in [0, 0.05) is 0 Å². The summed E-state index contributed by atoms with van der Waals surface area (Å²) in [6, 6.07) is 0. The Morgan fingerprint density at radius 3 is 2.30 bits per heavy atom. The van der Waals surface area contributed by atoms with Crippen LogP contribution in [0, 0.1) is 5.92 Å². The van der Waals surface area contributed by atoms with Crippen LogP contribution in [-0.2, 0) is 17.0 Å². The molecule has 0 aliphatic carbocycles. The van der Waals surface area contributed by atoms with E-state index in [1.807, 2.05) is 4.73 Å². The van der Waals surface area contributed by atoms with Crippen LogP contribution in [0.3, 0.4) is 0 Å². The predicted octanol–water partition coefficient (Wildman–Crippen LogP) is 2.49. The Labute approximate surface area is 72.5 Å². The molecule has 0 nitrogen and oxygen atoms in total. The normalized spacial score (nSPS) is 12.9. The van der Waals surface area contributed by atoms with E-state index in [4.69, 9.17) is 0 Å². The molecule has 0 bridgehead atoms. The summed E-state index contributed by atoms with van der Waals surface area (Å²) < 4.78 is 1.98. The van der Waals surface area contributed by atoms with E-state index in [2.05, 4.69) is 56.0 Å². The third-order valence-corrected chi connectivity index (χ3v) is 1.64. The van der Waals surface area contributed by atoms with Gasteiger partial charge in [-0.05, 0) is 0 Å². The van der Waals surface area contributed by atoms with Gasteiger partial charge < -0.3 is 0 Å². The van der Waals surface area contributed by atoms with Gasteiger partial charge in [-0.15, -0.1) is 0 Å². The molecule has 0 N–H and O–H groups in total. The molecule has 0 heterocycles. The van der Waals surface area contributed by atoms with Gasteiger partial charge in [0.15, 0.2) is 0 Å². The van der Waals surface area contributed by atoms with Crippen LogP contribution >= 0.6 is 0 Å². The van der Waals surface area contributed by atoms with Crippen LogP contribution in [0.4, 0.5) is 0 Å². The van der Waals surface area contributed by atoms with E-state index in [1.54, 1.807) is 0 Å². The van der Waals surface area contributed by atoms with Crippen LogP contribution in [0.1, 0.15) is 20.8 Å². The Hall–Kier alpha value is -0.0656. The standard InChI is InChI=1S/C9H14.V/c1-5-7-9(6-2)8(3)4;/h1,5-8H,2-4H3;. The van der Waals surface area contributed by atoms with Crippen molar-refractivity contribution in [1.82, 2.24) is 0 Å². The summed E-state index contributed by atoms with van der Waals surface area (Å²) in [5.41, 5.74) is 1.39. The number of rotatable bonds is 3. The van der Waals surface area contributed by atoms with E-state index < -0.39 is 0 Å². The average molecular weight is 173 g/mol. The summed E-state index contributed by atoms with van der Waals surface area (Å²) in [4.78, 5) is 0. The van der Waals surface area contributed by atoms with E-state index >= 15 is 0 Å². The monoisotopic (exact) mass is 173 g/mol. The van der Waals surface area contributed by atoms with Crippen molar-refractivity contribution in [2.45, 2.75) is 20.8 Å². The fraction of sp³-hybridized carbons (Fsp3) is 0.444. The molecule has 0 aromatic rings. The summed E-state index contributed by atoms with van der Waals surface area (Å²) in [7, 11) is 0. The van der Waals surface area contributed by atoms with Gasteiger partial charge in [0.25, 0.3) is 0 Å². The first-order valence-electron chi connectivity index (χ1n) is 3.52. The van der Waals surface area contributed by atoms with E-state index in [-0.39, 0.29) is 0 Å². The maximum absolute atomic E-state index is 2.43. The predicted molar refractivity (Wildman–Crippen MR) is 43.8 cm³/mol. The first-order valence-corrected chi connectivity index (χ1v) is 4.33. The Morgan fingerprint density at radius 1 is 1.40 bits per heavy atom. The van der Waals surface area contributed by atoms with Crippen molar-refractivity contribution >= 4 is 4.73 Å². The molecule has 0 aromatic carbocycles. The van der Waals surface area contributed by atoms with Gasteiger partial charge in [-0.25, -0.2) is 0 Å². The van der Waals surface area contributed by atoms with Gasteiger partial charge in [-0.1, -0.05) is 0 Å². The topological polar surface area (TPSA) is 0 Å². The number of hydrogen-bond donors (Lipinski definition) is 0. The quantitative estimate of drug-likeness (QED) is 0.575. The van der Waals surface area contributed by atoms with Crippen molar-refractivity contribution in [2.24, 2.45) is 5.92 Å². The molecule has 0 spiro atoms. The minimum absolute atomic E-state index is 0.633. The van der Waals surface area contributed by atoms with Gasteiger partial charge in [0.05, 0.1) is 0 Å². The zero-order chi connectivity index (χ0) is 7.98. The van der Waals surface area contributed by atoms with Gasteiger partial charge in [0.2, 0.25) is 0 Å². The first-order chi connectivity index (χ1) is 4.72. The first kappa shape index (κ1) is 9.93. The molecule has 1 heteroatoms. The molecular formula is C9H14V. The molecule has 0 fully saturated rings. The molecule has 0 radical (unpaired) electrons. The zero-order valence-electron chi connectivity index (χ0n) is 6.83. The SMILES string of the molecule is CC=C(C=C[CH]=[V])C(C)C. The molecule has 10 heavy (non-hydrogen) atoms. The summed E-state index contributed by atoms with van der Waals surface area (Å²) in [6.07, 6.45) is 6.34. The van der Waals surface area contributed by atoms with Gasteiger partial charge in [-0.3, -0.25) is 0 Å². The van der Waals surface area contributed by atoms with Crippen molar-refractivity contribution in [3.8, 4) is 0 Å². The Kier molecular flexibility index (Phi) is 5.66. The van der Waals surface area contributed by atoms with Gasteiger partial charge in [0.1, 0.15) is 0 Å². The molecule has 0 aliphatic heterocycles. The number of hydrogen-bond acceptors (Lipinski definition) is 0. The summed E-state index contributed by atoms with van der Waals surface area (Å²) in [5, 5.41) is 0. The Balaban J connectivity index is 4.10. The number of allylic oxidation sites excluding steroid dienone is 4. The second-order valence-corrected chi connectivity index (χ2v) is 2.92. The van der Waals surface area contributed by atoms with E-state index in [9.17, 15) is 0 Å². The van der Waals surface area contributed by atoms with Crippen molar-refractivity contribution in [1.29, 1.82) is 0 Å². The molecule has 0 amide bonds. The van der Waals surface area contributed by atoms with E-state index in [0.29, 0.717) is 5.92 Å². The fourth-order valence-corrected chi connectivity index (χ4v) is 0.911. The molecule has 0 saturated heterocycles. The van der Waals surface area contributed by atoms with Crippen molar-refractivity contribution in [3.63, 3.8) is 0 Å². The van der Waals surface area contributed by atoms with Crippen LogP contribution in [-0.4, -0.2) is 4.73 Å². The van der Waals surface area contributed by atoms with Gasteiger partial charge in [-0.2, -0.15) is 0 Å². The summed E-state index contributed by atoms with van der Waals surface area (Å²) in [6.45, 7) is 6.47. The summed E-state index contributed by atoms with van der Waals surface area (Å²) in [5.74, 6) is 0.633. The molecule has 0 saturated carbocycles. The minimum atomic E-state index is 0.633. The van der Waals surface area contributed by atoms with Crippen LogP contribution in [0.2, 0.25) is 0 Å². The second kappa shape index (κ2) is 5.70. The Bertz CT molecular complexity index is 152. The maximum atomic E-state index is 2.43. The molecule has 0 aromatic heterocycles. The average Bonchev–Trinajstić information content (AvgIpc) is 1.89. The van der Waals surface area contributed by atoms with E-state index in [0.717, 1.165) is 0 Å². The summed E-state index contributed by atoms with van der Waals surface area (Å²) >= 11 is 2.43. The molecule has 55 valence electrons.